The number of carbonyl (C=O) groups excluding carboxylic acids is 1. The molecule has 0 spiro atoms. The minimum Gasteiger partial charge on any atom is -0.330 e. The number of hydrogen-bond acceptors (Lipinski definition) is 2. The van der Waals surface area contributed by atoms with Crippen LogP contribution >= 0.6 is 0 Å². The highest BCUT2D eigenvalue weighted by Gasteiger charge is 1.80. The number of carbonyl (C=O) groups is 1. The minimum atomic E-state index is 0. The fraction of sp³-hybridized carbons (Fsp3) is 0.800. The van der Waals surface area contributed by atoms with Crippen molar-refractivity contribution in [1.29, 1.82) is 0 Å². The Hall–Kier alpha value is -0.370. The summed E-state index contributed by atoms with van der Waals surface area (Å²) in [7, 11) is 0. The molecule has 0 aromatic rings. The monoisotopic (exact) mass is 103 g/mol. The van der Waals surface area contributed by atoms with Gasteiger partial charge in [-0.2, -0.15) is 0 Å². The summed E-state index contributed by atoms with van der Waals surface area (Å²) in [6.45, 7) is 0.702. The second kappa shape index (κ2) is 5.63. The van der Waals surface area contributed by atoms with Crippen molar-refractivity contribution < 1.29 is 6.22 Å². The van der Waals surface area contributed by atoms with E-state index in [0.29, 0.717) is 13.0 Å². The lowest BCUT2D eigenvalue weighted by atomic mass is 10.2. The van der Waals surface area contributed by atoms with Gasteiger partial charge >= 0.3 is 0 Å². The Labute approximate surface area is 45.2 Å². The summed E-state index contributed by atoms with van der Waals surface area (Å²) in [5.41, 5.74) is 5.15. The Morgan fingerprint density at radius 3 is 2.71 bits per heavy atom. The molecule has 0 rings (SSSR count). The molecule has 0 heterocycles. The Morgan fingerprint density at radius 1 is 1.57 bits per heavy atom. The first-order valence-corrected chi connectivity index (χ1v) is 2.55. The smallest absolute Gasteiger partial charge is 0.119 e. The molecule has 44 valence electrons. The molecule has 0 bridgehead atoms. The topological polar surface area (TPSA) is 43.1 Å². The molecule has 0 unspecified atom stereocenters. The number of hydrogen-bond donors (Lipinski definition) is 1. The fourth-order valence-electron chi connectivity index (χ4n) is 0.372. The van der Waals surface area contributed by atoms with Gasteiger partial charge in [-0.25, -0.2) is 0 Å². The Balaban J connectivity index is 0. The molecule has 0 saturated heterocycles. The van der Waals surface area contributed by atoms with Crippen LogP contribution in [0.3, 0.4) is 0 Å². The van der Waals surface area contributed by atoms with E-state index in [1.165, 1.54) is 0 Å². The summed E-state index contributed by atoms with van der Waals surface area (Å²) in [5, 5.41) is 0. The van der Waals surface area contributed by atoms with Crippen molar-refractivity contribution in [2.75, 3.05) is 6.54 Å². The van der Waals surface area contributed by atoms with Crippen LogP contribution in [0.25, 0.3) is 0 Å². The molecule has 0 aromatic heterocycles. The molecule has 0 aliphatic heterocycles. The van der Waals surface area contributed by atoms with E-state index in [1.54, 1.807) is 0 Å². The molecule has 0 saturated carbocycles. The SMILES string of the molecule is NCCCCC=O.[HH]. The van der Waals surface area contributed by atoms with Gasteiger partial charge in [-0.3, -0.25) is 0 Å². The molecule has 2 nitrogen and oxygen atoms in total. The van der Waals surface area contributed by atoms with Crippen molar-refractivity contribution in [3.05, 3.63) is 0 Å². The predicted molar refractivity (Wildman–Crippen MR) is 31.1 cm³/mol. The van der Waals surface area contributed by atoms with Gasteiger partial charge in [0.2, 0.25) is 0 Å². The summed E-state index contributed by atoms with van der Waals surface area (Å²) < 4.78 is 0. The van der Waals surface area contributed by atoms with Crippen LogP contribution in [-0.4, -0.2) is 12.8 Å². The first-order chi connectivity index (χ1) is 3.41. The summed E-state index contributed by atoms with van der Waals surface area (Å²) >= 11 is 0. The van der Waals surface area contributed by atoms with Crippen LogP contribution in [0.2, 0.25) is 0 Å². The lowest BCUT2D eigenvalue weighted by molar-refractivity contribution is -0.107. The van der Waals surface area contributed by atoms with Crippen LogP contribution in [-0.2, 0) is 4.79 Å². The third-order valence-corrected chi connectivity index (χ3v) is 0.776. The largest absolute Gasteiger partial charge is 0.330 e. The quantitative estimate of drug-likeness (QED) is 0.417. The maximum Gasteiger partial charge on any atom is 0.119 e. The van der Waals surface area contributed by atoms with Crippen molar-refractivity contribution in [2.45, 2.75) is 19.3 Å². The van der Waals surface area contributed by atoms with Crippen LogP contribution < -0.4 is 5.73 Å². The van der Waals surface area contributed by atoms with Gasteiger partial charge in [0.15, 0.2) is 0 Å². The van der Waals surface area contributed by atoms with Crippen LogP contribution in [0.4, 0.5) is 0 Å². The summed E-state index contributed by atoms with van der Waals surface area (Å²) in [5.74, 6) is 0. The van der Waals surface area contributed by atoms with E-state index in [9.17, 15) is 4.79 Å². The van der Waals surface area contributed by atoms with Crippen molar-refractivity contribution in [3.63, 3.8) is 0 Å². The van der Waals surface area contributed by atoms with Crippen molar-refractivity contribution in [1.82, 2.24) is 0 Å². The van der Waals surface area contributed by atoms with Gasteiger partial charge in [-0.05, 0) is 19.4 Å². The van der Waals surface area contributed by atoms with Gasteiger partial charge < -0.3 is 10.5 Å². The number of rotatable bonds is 4. The summed E-state index contributed by atoms with van der Waals surface area (Å²) in [6.07, 6.45) is 3.51. The second-order valence-corrected chi connectivity index (χ2v) is 1.45. The second-order valence-electron chi connectivity index (χ2n) is 1.45. The van der Waals surface area contributed by atoms with E-state index >= 15 is 0 Å². The predicted octanol–water partition coefficient (Wildman–Crippen LogP) is 0.560. The van der Waals surface area contributed by atoms with E-state index in [2.05, 4.69) is 0 Å². The average molecular weight is 103 g/mol. The molecule has 7 heavy (non-hydrogen) atoms. The molecule has 2 heteroatoms. The molecular weight excluding hydrogens is 90.1 g/mol. The molecule has 0 aliphatic rings. The van der Waals surface area contributed by atoms with Gasteiger partial charge in [-0.1, -0.05) is 0 Å². The lowest BCUT2D eigenvalue weighted by Gasteiger charge is -1.86. The third-order valence-electron chi connectivity index (χ3n) is 0.776. The standard InChI is InChI=1S/C5H11NO.H2/c6-4-2-1-3-5-7;/h5H,1-4,6H2;1H. The number of nitrogens with two attached hydrogens (primary N) is 1. The average Bonchev–Trinajstić information content (AvgIpc) is 1.69. The van der Waals surface area contributed by atoms with Gasteiger partial charge in [0.1, 0.15) is 6.29 Å². The maximum absolute atomic E-state index is 9.64. The zero-order chi connectivity index (χ0) is 5.54. The molecular formula is C5H13NO. The Kier molecular flexibility index (Phi) is 5.33. The fourth-order valence-corrected chi connectivity index (χ4v) is 0.372. The van der Waals surface area contributed by atoms with Crippen molar-refractivity contribution in [2.24, 2.45) is 5.73 Å². The molecule has 0 radical (unpaired) electrons. The Bertz CT molecular complexity index is 49.7. The van der Waals surface area contributed by atoms with E-state index in [4.69, 9.17) is 5.73 Å². The lowest BCUT2D eigenvalue weighted by Crippen LogP contribution is -1.97. The molecule has 0 fully saturated rings. The van der Waals surface area contributed by atoms with Crippen LogP contribution in [0, 0.1) is 0 Å². The van der Waals surface area contributed by atoms with Crippen LogP contribution in [0.5, 0.6) is 0 Å². The first kappa shape index (κ1) is 6.63. The van der Waals surface area contributed by atoms with Crippen LogP contribution in [0.15, 0.2) is 0 Å². The van der Waals surface area contributed by atoms with E-state index in [0.717, 1.165) is 19.1 Å². The van der Waals surface area contributed by atoms with Crippen LogP contribution in [0.1, 0.15) is 20.7 Å². The summed E-state index contributed by atoms with van der Waals surface area (Å²) in [6, 6.07) is 0. The molecule has 0 aromatic carbocycles. The minimum absolute atomic E-state index is 0. The molecule has 0 amide bonds. The van der Waals surface area contributed by atoms with E-state index in [1.807, 2.05) is 0 Å². The van der Waals surface area contributed by atoms with Crippen molar-refractivity contribution in [3.8, 4) is 0 Å². The highest BCUT2D eigenvalue weighted by Crippen LogP contribution is 1.87. The van der Waals surface area contributed by atoms with E-state index in [-0.39, 0.29) is 1.43 Å². The number of unbranched alkanes of at least 4 members (excludes halogenated alkanes) is 2. The van der Waals surface area contributed by atoms with Gasteiger partial charge in [0.05, 0.1) is 0 Å². The van der Waals surface area contributed by atoms with Gasteiger partial charge in [-0.15, -0.1) is 0 Å². The molecule has 2 N–H and O–H groups in total. The van der Waals surface area contributed by atoms with Gasteiger partial charge in [0.25, 0.3) is 0 Å². The highest BCUT2D eigenvalue weighted by atomic mass is 16.1. The number of aldehydes is 1. The highest BCUT2D eigenvalue weighted by molar-refractivity contribution is 5.48. The normalized spacial score (nSPS) is 8.71. The molecule has 0 atom stereocenters. The zero-order valence-corrected chi connectivity index (χ0v) is 4.39. The Morgan fingerprint density at radius 2 is 2.29 bits per heavy atom. The first-order valence-electron chi connectivity index (χ1n) is 2.55. The summed E-state index contributed by atoms with van der Waals surface area (Å²) in [4.78, 5) is 9.64. The zero-order valence-electron chi connectivity index (χ0n) is 4.39. The molecule has 0 aliphatic carbocycles. The van der Waals surface area contributed by atoms with Crippen molar-refractivity contribution >= 4 is 6.29 Å². The van der Waals surface area contributed by atoms with E-state index < -0.39 is 0 Å². The maximum atomic E-state index is 9.64. The third kappa shape index (κ3) is 5.63. The van der Waals surface area contributed by atoms with Gasteiger partial charge in [0, 0.05) is 7.85 Å².